The maximum atomic E-state index is 11.4. The molecule has 0 aromatic carbocycles. The van der Waals surface area contributed by atoms with Gasteiger partial charge in [0.2, 0.25) is 5.91 Å². The van der Waals surface area contributed by atoms with Crippen molar-refractivity contribution in [2.45, 2.75) is 12.8 Å². The SMILES string of the molecule is CN1CCC(CN2C(=O)CSC2=O)CC1. The van der Waals surface area contributed by atoms with Crippen molar-refractivity contribution >= 4 is 22.9 Å². The second-order valence-corrected chi connectivity index (χ2v) is 5.23. The zero-order chi connectivity index (χ0) is 10.8. The molecule has 0 atom stereocenters. The summed E-state index contributed by atoms with van der Waals surface area (Å²) in [5.74, 6) is 0.836. The van der Waals surface area contributed by atoms with Gasteiger partial charge in [0, 0.05) is 6.54 Å². The molecule has 2 saturated heterocycles. The molecule has 0 unspecified atom stereocenters. The third kappa shape index (κ3) is 2.52. The van der Waals surface area contributed by atoms with Gasteiger partial charge in [-0.1, -0.05) is 11.8 Å². The Morgan fingerprint density at radius 2 is 2.00 bits per heavy atom. The molecule has 0 aromatic rings. The highest BCUT2D eigenvalue weighted by atomic mass is 32.2. The minimum absolute atomic E-state index is 0.0103. The Kier molecular flexibility index (Phi) is 3.31. The lowest BCUT2D eigenvalue weighted by Crippen LogP contribution is -2.39. The number of carbonyl (C=O) groups excluding carboxylic acids is 2. The van der Waals surface area contributed by atoms with Crippen LogP contribution in [0.5, 0.6) is 0 Å². The van der Waals surface area contributed by atoms with Crippen molar-refractivity contribution in [3.05, 3.63) is 0 Å². The fourth-order valence-corrected chi connectivity index (χ4v) is 2.80. The first-order valence-electron chi connectivity index (χ1n) is 5.32. The van der Waals surface area contributed by atoms with E-state index < -0.39 is 0 Å². The molecule has 2 heterocycles. The Morgan fingerprint density at radius 3 is 2.53 bits per heavy atom. The number of hydrogen-bond donors (Lipinski definition) is 0. The zero-order valence-corrected chi connectivity index (χ0v) is 9.76. The van der Waals surface area contributed by atoms with Crippen molar-refractivity contribution < 1.29 is 9.59 Å². The smallest absolute Gasteiger partial charge is 0.288 e. The maximum absolute atomic E-state index is 11.4. The van der Waals surface area contributed by atoms with E-state index in [2.05, 4.69) is 11.9 Å². The lowest BCUT2D eigenvalue weighted by Gasteiger charge is -2.30. The first-order chi connectivity index (χ1) is 7.16. The van der Waals surface area contributed by atoms with Gasteiger partial charge in [0.1, 0.15) is 0 Å². The van der Waals surface area contributed by atoms with Crippen LogP contribution in [-0.2, 0) is 4.79 Å². The minimum atomic E-state index is -0.0565. The molecule has 2 amide bonds. The van der Waals surface area contributed by atoms with Crippen LogP contribution in [0.15, 0.2) is 0 Å². The van der Waals surface area contributed by atoms with Gasteiger partial charge in [0.05, 0.1) is 5.75 Å². The van der Waals surface area contributed by atoms with Gasteiger partial charge in [-0.15, -0.1) is 0 Å². The van der Waals surface area contributed by atoms with E-state index >= 15 is 0 Å². The molecular formula is C10H16N2O2S. The van der Waals surface area contributed by atoms with E-state index in [9.17, 15) is 9.59 Å². The van der Waals surface area contributed by atoms with Gasteiger partial charge in [-0.2, -0.15) is 0 Å². The van der Waals surface area contributed by atoms with Crippen LogP contribution in [0, 0.1) is 5.92 Å². The summed E-state index contributed by atoms with van der Waals surface area (Å²) < 4.78 is 0. The standard InChI is InChI=1S/C10H16N2O2S/c1-11-4-2-8(3-5-11)6-12-9(13)7-15-10(12)14/h8H,2-7H2,1H3. The van der Waals surface area contributed by atoms with Gasteiger partial charge in [0.15, 0.2) is 0 Å². The molecule has 84 valence electrons. The van der Waals surface area contributed by atoms with Gasteiger partial charge in [-0.3, -0.25) is 14.5 Å². The Bertz CT molecular complexity index is 259. The maximum Gasteiger partial charge on any atom is 0.288 e. The number of carbonyl (C=O) groups is 2. The molecule has 2 rings (SSSR count). The predicted octanol–water partition coefficient (Wildman–Crippen LogP) is 1.02. The van der Waals surface area contributed by atoms with Crippen LogP contribution < -0.4 is 0 Å². The number of piperidine rings is 1. The summed E-state index contributed by atoms with van der Waals surface area (Å²) >= 11 is 1.13. The van der Waals surface area contributed by atoms with Crippen LogP contribution in [0.3, 0.4) is 0 Å². The summed E-state index contributed by atoms with van der Waals surface area (Å²) in [6, 6.07) is 0. The number of hydrogen-bond acceptors (Lipinski definition) is 4. The highest BCUT2D eigenvalue weighted by Gasteiger charge is 2.32. The third-order valence-corrected chi connectivity index (χ3v) is 3.98. The summed E-state index contributed by atoms with van der Waals surface area (Å²) in [5, 5.41) is -0.0565. The van der Waals surface area contributed by atoms with Crippen molar-refractivity contribution in [1.29, 1.82) is 0 Å². The normalized spacial score (nSPS) is 25.3. The second kappa shape index (κ2) is 4.53. The molecule has 0 bridgehead atoms. The first-order valence-corrected chi connectivity index (χ1v) is 6.31. The van der Waals surface area contributed by atoms with Gasteiger partial charge < -0.3 is 4.90 Å². The van der Waals surface area contributed by atoms with Crippen LogP contribution in [-0.4, -0.2) is 53.4 Å². The Balaban J connectivity index is 1.86. The molecule has 0 aromatic heterocycles. The van der Waals surface area contributed by atoms with Crippen LogP contribution in [0.2, 0.25) is 0 Å². The second-order valence-electron chi connectivity index (χ2n) is 4.31. The first kappa shape index (κ1) is 11.0. The molecule has 4 nitrogen and oxygen atoms in total. The topological polar surface area (TPSA) is 40.6 Å². The van der Waals surface area contributed by atoms with E-state index in [-0.39, 0.29) is 11.1 Å². The van der Waals surface area contributed by atoms with E-state index in [0.29, 0.717) is 18.2 Å². The Labute approximate surface area is 94.0 Å². The summed E-state index contributed by atoms with van der Waals surface area (Å²) in [6.45, 7) is 2.79. The van der Waals surface area contributed by atoms with E-state index in [1.165, 1.54) is 4.90 Å². The molecule has 0 radical (unpaired) electrons. The fourth-order valence-electron chi connectivity index (χ4n) is 2.06. The number of nitrogens with zero attached hydrogens (tertiary/aromatic N) is 2. The molecule has 2 fully saturated rings. The molecule has 2 aliphatic heterocycles. The predicted molar refractivity (Wildman–Crippen MR) is 59.8 cm³/mol. The monoisotopic (exact) mass is 228 g/mol. The summed E-state index contributed by atoms with van der Waals surface area (Å²) in [4.78, 5) is 26.5. The molecule has 0 saturated carbocycles. The number of rotatable bonds is 2. The summed E-state index contributed by atoms with van der Waals surface area (Å²) in [7, 11) is 2.11. The molecule has 2 aliphatic rings. The zero-order valence-electron chi connectivity index (χ0n) is 8.94. The van der Waals surface area contributed by atoms with Crippen molar-refractivity contribution in [3.8, 4) is 0 Å². The lowest BCUT2D eigenvalue weighted by molar-refractivity contribution is -0.125. The average molecular weight is 228 g/mol. The van der Waals surface area contributed by atoms with Gasteiger partial charge in [-0.25, -0.2) is 0 Å². The number of imide groups is 1. The van der Waals surface area contributed by atoms with Gasteiger partial charge >= 0.3 is 0 Å². The minimum Gasteiger partial charge on any atom is -0.306 e. The van der Waals surface area contributed by atoms with Crippen LogP contribution in [0.1, 0.15) is 12.8 Å². The summed E-state index contributed by atoms with van der Waals surface area (Å²) in [6.07, 6.45) is 2.19. The van der Waals surface area contributed by atoms with Crippen LogP contribution >= 0.6 is 11.8 Å². The molecule has 0 N–H and O–H groups in total. The molecule has 0 spiro atoms. The molecule has 5 heteroatoms. The summed E-state index contributed by atoms with van der Waals surface area (Å²) in [5.41, 5.74) is 0. The lowest BCUT2D eigenvalue weighted by atomic mass is 9.97. The number of thioether (sulfide) groups is 1. The van der Waals surface area contributed by atoms with Crippen LogP contribution in [0.25, 0.3) is 0 Å². The van der Waals surface area contributed by atoms with Crippen molar-refractivity contribution in [2.75, 3.05) is 32.4 Å². The van der Waals surface area contributed by atoms with Crippen LogP contribution in [0.4, 0.5) is 4.79 Å². The Morgan fingerprint density at radius 1 is 1.33 bits per heavy atom. The van der Waals surface area contributed by atoms with E-state index in [1.54, 1.807) is 0 Å². The quantitative estimate of drug-likeness (QED) is 0.707. The highest BCUT2D eigenvalue weighted by Crippen LogP contribution is 2.23. The van der Waals surface area contributed by atoms with Gasteiger partial charge in [-0.05, 0) is 38.9 Å². The van der Waals surface area contributed by atoms with Crippen molar-refractivity contribution in [2.24, 2.45) is 5.92 Å². The number of amides is 2. The highest BCUT2D eigenvalue weighted by molar-refractivity contribution is 8.14. The van der Waals surface area contributed by atoms with Crippen molar-refractivity contribution in [3.63, 3.8) is 0 Å². The molecule has 15 heavy (non-hydrogen) atoms. The largest absolute Gasteiger partial charge is 0.306 e. The number of likely N-dealkylation sites (tertiary alicyclic amines) is 1. The van der Waals surface area contributed by atoms with Gasteiger partial charge in [0.25, 0.3) is 5.24 Å². The Hall–Kier alpha value is -0.550. The van der Waals surface area contributed by atoms with E-state index in [0.717, 1.165) is 37.7 Å². The average Bonchev–Trinajstić information content (AvgIpc) is 2.53. The molecule has 0 aliphatic carbocycles. The van der Waals surface area contributed by atoms with Crippen molar-refractivity contribution in [1.82, 2.24) is 9.80 Å². The van der Waals surface area contributed by atoms with E-state index in [1.807, 2.05) is 0 Å². The van der Waals surface area contributed by atoms with E-state index in [4.69, 9.17) is 0 Å². The third-order valence-electron chi connectivity index (χ3n) is 3.12. The fraction of sp³-hybridized carbons (Fsp3) is 0.800. The molecular weight excluding hydrogens is 212 g/mol.